The molecule has 2 aromatic carbocycles. The van der Waals surface area contributed by atoms with Crippen LogP contribution in [-0.4, -0.2) is 122 Å². The zero-order valence-corrected chi connectivity index (χ0v) is 37.9. The first-order valence-electron chi connectivity index (χ1n) is 22.6. The Morgan fingerprint density at radius 1 is 1.03 bits per heavy atom. The molecule has 1 aromatic heterocycles. The number of nitrogens with zero attached hydrogens (tertiary/aromatic N) is 3. The van der Waals surface area contributed by atoms with Crippen LogP contribution in [0.3, 0.4) is 0 Å². The number of aromatic amines is 1. The molecule has 9 rings (SSSR count). The van der Waals surface area contributed by atoms with Crippen molar-refractivity contribution < 1.29 is 38.4 Å². The van der Waals surface area contributed by atoms with Crippen LogP contribution in [0, 0.1) is 16.7 Å². The lowest BCUT2D eigenvalue weighted by atomic mass is 9.47. The van der Waals surface area contributed by atoms with E-state index in [1.54, 1.807) is 27.9 Å². The summed E-state index contributed by atoms with van der Waals surface area (Å²) >= 11 is 0. The van der Waals surface area contributed by atoms with Crippen molar-refractivity contribution in [3.05, 3.63) is 82.6 Å². The number of carbonyl (C=O) groups is 3. The zero-order chi connectivity index (χ0) is 44.1. The summed E-state index contributed by atoms with van der Waals surface area (Å²) in [6.07, 6.45) is 8.94. The summed E-state index contributed by atoms with van der Waals surface area (Å²) in [6, 6.07) is 11.6. The fraction of sp³-hybridized carbons (Fsp3) is 0.580. The van der Waals surface area contributed by atoms with E-state index in [0.29, 0.717) is 37.1 Å². The minimum absolute atomic E-state index is 0.0293. The number of esters is 3. The van der Waals surface area contributed by atoms with Gasteiger partial charge in [-0.2, -0.15) is 0 Å². The van der Waals surface area contributed by atoms with Gasteiger partial charge in [0.1, 0.15) is 23.9 Å². The minimum Gasteiger partial charge on any atom is -0.496 e. The van der Waals surface area contributed by atoms with Crippen molar-refractivity contribution in [2.45, 2.75) is 108 Å². The van der Waals surface area contributed by atoms with E-state index in [2.05, 4.69) is 76.0 Å². The number of ether oxygens (including phenoxy) is 4. The third-order valence-electron chi connectivity index (χ3n) is 15.7. The van der Waals surface area contributed by atoms with E-state index in [1.807, 2.05) is 19.2 Å². The van der Waals surface area contributed by atoms with Crippen molar-refractivity contribution in [1.29, 1.82) is 0 Å². The van der Waals surface area contributed by atoms with Crippen molar-refractivity contribution in [3.63, 3.8) is 0 Å². The Kier molecular flexibility index (Phi) is 10.3. The number of carbonyl (C=O) groups excluding carboxylic acids is 3. The number of hydrogen-bond acceptors (Lipinski definition) is 11. The molecule has 6 aliphatic rings. The van der Waals surface area contributed by atoms with Gasteiger partial charge < -0.3 is 33.9 Å². The van der Waals surface area contributed by atoms with Crippen LogP contribution in [0.4, 0.5) is 5.69 Å². The molecule has 0 radical (unpaired) electrons. The summed E-state index contributed by atoms with van der Waals surface area (Å²) in [5.74, 6) is -0.777. The number of rotatable bonds is 8. The van der Waals surface area contributed by atoms with Crippen LogP contribution in [0.25, 0.3) is 10.9 Å². The van der Waals surface area contributed by atoms with Gasteiger partial charge in [-0.25, -0.2) is 0 Å². The van der Waals surface area contributed by atoms with Crippen LogP contribution in [0.1, 0.15) is 89.6 Å². The van der Waals surface area contributed by atoms with Crippen LogP contribution in [0.2, 0.25) is 0 Å². The molecule has 1 saturated carbocycles. The average molecular weight is 849 g/mol. The second-order valence-electron chi connectivity index (χ2n) is 20.0. The van der Waals surface area contributed by atoms with Crippen LogP contribution in [0.5, 0.6) is 5.75 Å². The van der Waals surface area contributed by atoms with Crippen LogP contribution < -0.4 is 9.64 Å². The van der Waals surface area contributed by atoms with Gasteiger partial charge in [0.25, 0.3) is 0 Å². The molecular weight excluding hydrogens is 785 g/mol. The number of benzene rings is 2. The third kappa shape index (κ3) is 5.91. The molecule has 0 amide bonds. The van der Waals surface area contributed by atoms with Gasteiger partial charge in [0.15, 0.2) is 5.60 Å². The number of nitrogens with one attached hydrogen (secondary N) is 1. The first-order chi connectivity index (χ1) is 29.5. The van der Waals surface area contributed by atoms with Crippen LogP contribution in [-0.2, 0) is 45.8 Å². The number of fused-ring (bicyclic) bond motifs is 6. The Morgan fingerprint density at radius 3 is 2.50 bits per heavy atom. The van der Waals surface area contributed by atoms with Gasteiger partial charge in [0.05, 0.1) is 25.7 Å². The number of H-pyrrole nitrogens is 1. The molecule has 1 spiro atoms. The molecule has 2 unspecified atom stereocenters. The smallest absolute Gasteiger partial charge is 0.322 e. The Morgan fingerprint density at radius 2 is 1.81 bits per heavy atom. The first kappa shape index (κ1) is 42.6. The molecule has 12 heteroatoms. The maximum absolute atomic E-state index is 15.4. The fourth-order valence-corrected chi connectivity index (χ4v) is 13.4. The summed E-state index contributed by atoms with van der Waals surface area (Å²) in [6.45, 7) is 14.6. The van der Waals surface area contributed by atoms with E-state index >= 15 is 4.79 Å². The monoisotopic (exact) mass is 848 g/mol. The van der Waals surface area contributed by atoms with E-state index in [1.165, 1.54) is 19.6 Å². The van der Waals surface area contributed by atoms with Crippen molar-refractivity contribution in [1.82, 2.24) is 14.8 Å². The first-order valence-corrected chi connectivity index (χ1v) is 22.6. The quantitative estimate of drug-likeness (QED) is 0.152. The Bertz CT molecular complexity index is 2380. The third-order valence-corrected chi connectivity index (χ3v) is 15.7. The summed E-state index contributed by atoms with van der Waals surface area (Å²) in [7, 11) is 5.11. The number of anilines is 1. The molecule has 6 heterocycles. The normalized spacial score (nSPS) is 33.5. The molecular formula is C50H64N4O8. The summed E-state index contributed by atoms with van der Waals surface area (Å²) in [4.78, 5) is 53.1. The van der Waals surface area contributed by atoms with Crippen molar-refractivity contribution >= 4 is 34.5 Å². The predicted molar refractivity (Wildman–Crippen MR) is 237 cm³/mol. The molecule has 3 aromatic rings. The predicted octanol–water partition coefficient (Wildman–Crippen LogP) is 6.21. The lowest BCUT2D eigenvalue weighted by molar-refractivity contribution is -0.233. The number of aromatic nitrogens is 1. The maximum Gasteiger partial charge on any atom is 0.322 e. The van der Waals surface area contributed by atoms with Gasteiger partial charge in [-0.3, -0.25) is 24.2 Å². The molecule has 5 aliphatic heterocycles. The zero-order valence-electron chi connectivity index (χ0n) is 37.9. The molecule has 9 atom stereocenters. The highest BCUT2D eigenvalue weighted by Gasteiger charge is 2.78. The highest BCUT2D eigenvalue weighted by atomic mass is 16.6. The van der Waals surface area contributed by atoms with E-state index in [9.17, 15) is 14.7 Å². The standard InChI is InChI=1S/C50H64N4O8/c1-10-31-23-32-26-49(45(57)60-9,40-34(17-21-53(27-31)28-32)33-15-12-13-16-37(33)51-40)36-24-35-38(25-39(36)59-8)52(7)42-48(35)19-22-54-20-14-18-47(11-2,41(48)54)43(62-30(3)55)50(42,58)29-61-44(56)46(4,5)6/h12-16,18,23-25,32,41-43,51,58H,10-11,17,19-22,26-29H2,1-9H3/t32-,41-,42+,43+,47+,48+,49-,50?/m0/s1. The topological polar surface area (TPSA) is 134 Å². The molecule has 12 nitrogen and oxygen atoms in total. The lowest BCUT2D eigenvalue weighted by Crippen LogP contribution is -2.80. The van der Waals surface area contributed by atoms with Gasteiger partial charge in [0, 0.05) is 90.9 Å². The Hall–Kier alpha value is -4.65. The van der Waals surface area contributed by atoms with Crippen LogP contribution in [0.15, 0.2) is 60.2 Å². The highest BCUT2D eigenvalue weighted by molar-refractivity contribution is 5.94. The average Bonchev–Trinajstić information content (AvgIpc) is 3.92. The lowest BCUT2D eigenvalue weighted by Gasteiger charge is -2.64. The number of hydrogen-bond donors (Lipinski definition) is 2. The van der Waals surface area contributed by atoms with Gasteiger partial charge in [-0.05, 0) is 88.6 Å². The second-order valence-corrected chi connectivity index (χ2v) is 20.0. The van der Waals surface area contributed by atoms with Gasteiger partial charge in [0.2, 0.25) is 0 Å². The second kappa shape index (κ2) is 15.0. The molecule has 2 bridgehead atoms. The van der Waals surface area contributed by atoms with Gasteiger partial charge in [-0.1, -0.05) is 55.8 Å². The molecule has 1 saturated heterocycles. The van der Waals surface area contributed by atoms with E-state index in [-0.39, 0.29) is 24.5 Å². The van der Waals surface area contributed by atoms with Crippen LogP contribution >= 0.6 is 0 Å². The Labute approximate surface area is 365 Å². The number of likely N-dealkylation sites (N-methyl/N-ethyl adjacent to an activating group) is 1. The number of para-hydroxylation sites is 1. The minimum atomic E-state index is -1.87. The molecule has 332 valence electrons. The van der Waals surface area contributed by atoms with Crippen molar-refractivity contribution in [2.24, 2.45) is 16.7 Å². The largest absolute Gasteiger partial charge is 0.496 e. The summed E-state index contributed by atoms with van der Waals surface area (Å²) in [5.41, 5.74) is 1.11. The van der Waals surface area contributed by atoms with Gasteiger partial charge >= 0.3 is 17.9 Å². The summed E-state index contributed by atoms with van der Waals surface area (Å²) < 4.78 is 25.0. The molecule has 62 heavy (non-hydrogen) atoms. The fourth-order valence-electron chi connectivity index (χ4n) is 13.4. The maximum atomic E-state index is 15.4. The molecule has 1 aliphatic carbocycles. The SMILES string of the molecule is CCC1=C[C@@H]2CN(CCc3c([nH]c4ccccc34)[C@@](C(=O)OC)(c3cc4c(cc3OC)N(C)[C@H]3C(O)(COC(=O)C(C)(C)C)[C@H](OC(C)=O)[C@]5(CC)C=CCN6CC[C@]43[C@@H]65)C2)C1. The number of aliphatic hydroxyl groups is 1. The van der Waals surface area contributed by atoms with Crippen molar-refractivity contribution in [3.8, 4) is 5.75 Å². The number of methoxy groups -OCH3 is 2. The van der Waals surface area contributed by atoms with E-state index in [4.69, 9.17) is 18.9 Å². The van der Waals surface area contributed by atoms with Gasteiger partial charge in [-0.15, -0.1) is 0 Å². The van der Waals surface area contributed by atoms with E-state index < -0.39 is 51.3 Å². The highest BCUT2D eigenvalue weighted by Crippen LogP contribution is 2.68. The van der Waals surface area contributed by atoms with Crippen molar-refractivity contribution in [2.75, 3.05) is 65.5 Å². The molecule has 2 N–H and O–H groups in total. The summed E-state index contributed by atoms with van der Waals surface area (Å²) in [5, 5.41) is 14.9. The molecule has 2 fully saturated rings. The Balaban J connectivity index is 1.34. The van der Waals surface area contributed by atoms with E-state index in [0.717, 1.165) is 72.4 Å².